The summed E-state index contributed by atoms with van der Waals surface area (Å²) in [4.78, 5) is 2.00. The van der Waals surface area contributed by atoms with E-state index >= 15 is 0 Å². The molecule has 1 unspecified atom stereocenters. The van der Waals surface area contributed by atoms with Gasteiger partial charge >= 0.3 is 6.36 Å². The molecule has 0 spiro atoms. The van der Waals surface area contributed by atoms with Crippen molar-refractivity contribution in [2.24, 2.45) is 0 Å². The number of anilines is 2. The van der Waals surface area contributed by atoms with Crippen LogP contribution < -0.4 is 14.4 Å². The number of rotatable bonds is 6. The first kappa shape index (κ1) is 21.3. The van der Waals surface area contributed by atoms with E-state index in [-0.39, 0.29) is 11.0 Å². The third kappa shape index (κ3) is 5.77. The van der Waals surface area contributed by atoms with Gasteiger partial charge in [0.25, 0.3) is 10.0 Å². The molecule has 1 N–H and O–H groups in total. The van der Waals surface area contributed by atoms with Gasteiger partial charge in [0, 0.05) is 31.6 Å². The summed E-state index contributed by atoms with van der Waals surface area (Å²) in [5.74, 6) is -0.489. The van der Waals surface area contributed by atoms with E-state index < -0.39 is 22.1 Å². The van der Waals surface area contributed by atoms with Gasteiger partial charge in [0.05, 0.1) is 11.0 Å². The van der Waals surface area contributed by atoms with Crippen molar-refractivity contribution in [1.29, 1.82) is 0 Å². The Labute approximate surface area is 167 Å². The zero-order valence-corrected chi connectivity index (χ0v) is 16.5. The largest absolute Gasteiger partial charge is 0.573 e. The summed E-state index contributed by atoms with van der Waals surface area (Å²) in [5.41, 5.74) is 1.31. The molecule has 2 aromatic carbocycles. The lowest BCUT2D eigenvalue weighted by Gasteiger charge is -2.33. The van der Waals surface area contributed by atoms with Crippen LogP contribution in [0.1, 0.15) is 12.8 Å². The monoisotopic (exact) mass is 430 g/mol. The minimum Gasteiger partial charge on any atom is -0.406 e. The Hall–Kier alpha value is -2.46. The summed E-state index contributed by atoms with van der Waals surface area (Å²) in [6.07, 6.45) is -2.64. The van der Waals surface area contributed by atoms with Crippen LogP contribution in [0.25, 0.3) is 0 Å². The third-order valence-corrected chi connectivity index (χ3v) is 5.96. The van der Waals surface area contributed by atoms with E-state index in [4.69, 9.17) is 4.74 Å². The van der Waals surface area contributed by atoms with Gasteiger partial charge in [-0.3, -0.25) is 4.72 Å². The predicted octanol–water partition coefficient (Wildman–Crippen LogP) is 4.00. The van der Waals surface area contributed by atoms with Gasteiger partial charge in [0.15, 0.2) is 0 Å². The first-order valence-electron chi connectivity index (χ1n) is 8.93. The molecule has 0 saturated carbocycles. The fraction of sp³-hybridized carbons (Fsp3) is 0.368. The second kappa shape index (κ2) is 8.50. The Morgan fingerprint density at radius 3 is 2.31 bits per heavy atom. The maximum atomic E-state index is 12.5. The molecule has 0 amide bonds. The molecular formula is C19H21F3N2O4S. The van der Waals surface area contributed by atoms with Crippen LogP contribution in [0.5, 0.6) is 5.75 Å². The Balaban J connectivity index is 1.67. The number of methoxy groups -OCH3 is 1. The number of ether oxygens (including phenoxy) is 2. The fourth-order valence-electron chi connectivity index (χ4n) is 3.14. The third-order valence-electron chi connectivity index (χ3n) is 4.56. The quantitative estimate of drug-likeness (QED) is 0.750. The number of hydrogen-bond acceptors (Lipinski definition) is 5. The molecule has 29 heavy (non-hydrogen) atoms. The van der Waals surface area contributed by atoms with Crippen LogP contribution in [0, 0.1) is 0 Å². The van der Waals surface area contributed by atoms with Crippen molar-refractivity contribution in [3.63, 3.8) is 0 Å². The first-order chi connectivity index (χ1) is 13.7. The standard InChI is InChI=1S/C19H21F3N2O4S/c1-27-17-3-2-12-24(13-17)15-6-4-14(5-7-15)23-29(25,26)18-10-8-16(9-11-18)28-19(20,21)22/h4-11,17,23H,2-3,12-13H2,1H3. The zero-order chi connectivity index (χ0) is 21.1. The lowest BCUT2D eigenvalue weighted by molar-refractivity contribution is -0.274. The number of alkyl halides is 3. The molecular weight excluding hydrogens is 409 g/mol. The molecule has 1 heterocycles. The molecule has 0 radical (unpaired) electrons. The molecule has 158 valence electrons. The second-order valence-corrected chi connectivity index (χ2v) is 8.30. The molecule has 0 bridgehead atoms. The van der Waals surface area contributed by atoms with Crippen molar-refractivity contribution in [3.8, 4) is 5.75 Å². The average Bonchev–Trinajstić information content (AvgIpc) is 2.67. The van der Waals surface area contributed by atoms with E-state index in [2.05, 4.69) is 14.4 Å². The zero-order valence-electron chi connectivity index (χ0n) is 15.6. The number of nitrogens with one attached hydrogen (secondary N) is 1. The Kier molecular flexibility index (Phi) is 6.23. The molecule has 10 heteroatoms. The Morgan fingerprint density at radius 1 is 1.07 bits per heavy atom. The van der Waals surface area contributed by atoms with Crippen molar-refractivity contribution >= 4 is 21.4 Å². The SMILES string of the molecule is COC1CCCN(c2ccc(NS(=O)(=O)c3ccc(OC(F)(F)F)cc3)cc2)C1. The van der Waals surface area contributed by atoms with Crippen LogP contribution in [0.3, 0.4) is 0 Å². The average molecular weight is 430 g/mol. The second-order valence-electron chi connectivity index (χ2n) is 6.62. The van der Waals surface area contributed by atoms with Gasteiger partial charge in [-0.25, -0.2) is 8.42 Å². The van der Waals surface area contributed by atoms with Crippen LogP contribution in [0.4, 0.5) is 24.5 Å². The summed E-state index contributed by atoms with van der Waals surface area (Å²) in [7, 11) is -2.26. The van der Waals surface area contributed by atoms with Gasteiger partial charge < -0.3 is 14.4 Å². The first-order valence-corrected chi connectivity index (χ1v) is 10.4. The van der Waals surface area contributed by atoms with E-state index in [1.165, 1.54) is 0 Å². The topological polar surface area (TPSA) is 67.9 Å². The van der Waals surface area contributed by atoms with Crippen LogP contribution >= 0.6 is 0 Å². The lowest BCUT2D eigenvalue weighted by Crippen LogP contribution is -2.39. The van der Waals surface area contributed by atoms with E-state index in [0.717, 1.165) is 55.9 Å². The Bertz CT molecular complexity index is 916. The van der Waals surface area contributed by atoms with E-state index in [1.54, 1.807) is 19.2 Å². The number of nitrogens with zero attached hydrogens (tertiary/aromatic N) is 1. The Morgan fingerprint density at radius 2 is 1.72 bits per heavy atom. The highest BCUT2D eigenvalue weighted by Gasteiger charge is 2.31. The number of sulfonamides is 1. The lowest BCUT2D eigenvalue weighted by atomic mass is 10.1. The summed E-state index contributed by atoms with van der Waals surface area (Å²) < 4.78 is 73.1. The summed E-state index contributed by atoms with van der Waals surface area (Å²) >= 11 is 0. The van der Waals surface area contributed by atoms with Gasteiger partial charge in [0.2, 0.25) is 0 Å². The summed E-state index contributed by atoms with van der Waals surface area (Å²) in [5, 5.41) is 0. The van der Waals surface area contributed by atoms with Crippen LogP contribution in [0.2, 0.25) is 0 Å². The predicted molar refractivity (Wildman–Crippen MR) is 103 cm³/mol. The molecule has 6 nitrogen and oxygen atoms in total. The van der Waals surface area contributed by atoms with Gasteiger partial charge in [-0.1, -0.05) is 0 Å². The van der Waals surface area contributed by atoms with Crippen LogP contribution in [0.15, 0.2) is 53.4 Å². The highest BCUT2D eigenvalue weighted by molar-refractivity contribution is 7.92. The molecule has 2 aromatic rings. The van der Waals surface area contributed by atoms with E-state index in [0.29, 0.717) is 5.69 Å². The minimum atomic E-state index is -4.84. The van der Waals surface area contributed by atoms with Gasteiger partial charge in [0.1, 0.15) is 5.75 Å². The highest BCUT2D eigenvalue weighted by Crippen LogP contribution is 2.26. The molecule has 1 aliphatic heterocycles. The van der Waals surface area contributed by atoms with Crippen LogP contribution in [-0.2, 0) is 14.8 Å². The van der Waals surface area contributed by atoms with E-state index in [1.807, 2.05) is 12.1 Å². The maximum absolute atomic E-state index is 12.5. The van der Waals surface area contributed by atoms with Crippen LogP contribution in [-0.4, -0.2) is 41.1 Å². The number of benzene rings is 2. The number of hydrogen-bond donors (Lipinski definition) is 1. The molecule has 1 fully saturated rings. The van der Waals surface area contributed by atoms with Crippen molar-refractivity contribution < 1.29 is 31.1 Å². The smallest absolute Gasteiger partial charge is 0.406 e. The molecule has 1 aliphatic rings. The van der Waals surface area contributed by atoms with Crippen molar-refractivity contribution in [3.05, 3.63) is 48.5 Å². The molecule has 0 aromatic heterocycles. The maximum Gasteiger partial charge on any atom is 0.573 e. The van der Waals surface area contributed by atoms with Gasteiger partial charge in [-0.15, -0.1) is 13.2 Å². The molecule has 1 saturated heterocycles. The molecule has 3 rings (SSSR count). The van der Waals surface area contributed by atoms with Crippen molar-refractivity contribution in [1.82, 2.24) is 0 Å². The number of piperidine rings is 1. The summed E-state index contributed by atoms with van der Waals surface area (Å²) in [6, 6.07) is 10.9. The number of halogens is 3. The minimum absolute atomic E-state index is 0.171. The van der Waals surface area contributed by atoms with E-state index in [9.17, 15) is 21.6 Å². The molecule has 1 atom stereocenters. The van der Waals surface area contributed by atoms with Gasteiger partial charge in [-0.05, 0) is 61.4 Å². The normalized spacial score (nSPS) is 17.8. The van der Waals surface area contributed by atoms with Gasteiger partial charge in [-0.2, -0.15) is 0 Å². The summed E-state index contributed by atoms with van der Waals surface area (Å²) in [6.45, 7) is 1.67. The molecule has 0 aliphatic carbocycles. The highest BCUT2D eigenvalue weighted by atomic mass is 32.2. The van der Waals surface area contributed by atoms with Crippen molar-refractivity contribution in [2.45, 2.75) is 30.2 Å². The fourth-order valence-corrected chi connectivity index (χ4v) is 4.20. The van der Waals surface area contributed by atoms with Crippen molar-refractivity contribution in [2.75, 3.05) is 29.8 Å².